The molecule has 0 radical (unpaired) electrons. The van der Waals surface area contributed by atoms with Gasteiger partial charge in [-0.05, 0) is 47.3 Å². The summed E-state index contributed by atoms with van der Waals surface area (Å²) in [4.78, 5) is 0. The molecule has 0 amide bonds. The van der Waals surface area contributed by atoms with E-state index in [2.05, 4.69) is 59.7 Å². The standard InChI is InChI=1S/C20H34O3/c1-7-15(10-17(22)12-21)16-8-9-19(23-13-14(2)3)18(11-16)20(4,5)6/h8-9,11,14-15,17,21-22H,7,10,12-13H2,1-6H3. The maximum atomic E-state index is 9.78. The molecule has 0 spiro atoms. The molecular weight excluding hydrogens is 288 g/mol. The van der Waals surface area contributed by atoms with Crippen molar-refractivity contribution in [2.24, 2.45) is 5.92 Å². The predicted molar refractivity (Wildman–Crippen MR) is 96.2 cm³/mol. The largest absolute Gasteiger partial charge is 0.493 e. The topological polar surface area (TPSA) is 49.7 Å². The van der Waals surface area contributed by atoms with E-state index in [4.69, 9.17) is 9.84 Å². The molecule has 3 nitrogen and oxygen atoms in total. The van der Waals surface area contributed by atoms with Crippen molar-refractivity contribution in [2.45, 2.75) is 71.8 Å². The minimum Gasteiger partial charge on any atom is -0.493 e. The summed E-state index contributed by atoms with van der Waals surface area (Å²) in [5.74, 6) is 1.69. The lowest BCUT2D eigenvalue weighted by atomic mass is 9.82. The third-order valence-corrected chi connectivity index (χ3v) is 4.12. The highest BCUT2D eigenvalue weighted by Crippen LogP contribution is 2.36. The summed E-state index contributed by atoms with van der Waals surface area (Å²) in [5.41, 5.74) is 2.41. The predicted octanol–water partition coefficient (Wildman–Crippen LogP) is 4.26. The van der Waals surface area contributed by atoms with Crippen molar-refractivity contribution >= 4 is 0 Å². The summed E-state index contributed by atoms with van der Waals surface area (Å²) in [5, 5.41) is 18.9. The minimum atomic E-state index is -0.657. The summed E-state index contributed by atoms with van der Waals surface area (Å²) < 4.78 is 6.01. The minimum absolute atomic E-state index is 0.00376. The average molecular weight is 322 g/mol. The lowest BCUT2D eigenvalue weighted by Gasteiger charge is -2.26. The van der Waals surface area contributed by atoms with Crippen molar-refractivity contribution in [1.82, 2.24) is 0 Å². The van der Waals surface area contributed by atoms with Crippen molar-refractivity contribution in [3.63, 3.8) is 0 Å². The first-order chi connectivity index (χ1) is 10.7. The van der Waals surface area contributed by atoms with Crippen LogP contribution < -0.4 is 4.74 Å². The van der Waals surface area contributed by atoms with Gasteiger partial charge in [0, 0.05) is 0 Å². The molecule has 2 unspecified atom stereocenters. The zero-order chi connectivity index (χ0) is 17.6. The van der Waals surface area contributed by atoms with Crippen LogP contribution >= 0.6 is 0 Å². The molecule has 3 heteroatoms. The highest BCUT2D eigenvalue weighted by atomic mass is 16.5. The van der Waals surface area contributed by atoms with Gasteiger partial charge in [0.1, 0.15) is 5.75 Å². The van der Waals surface area contributed by atoms with Gasteiger partial charge in [0.25, 0.3) is 0 Å². The number of ether oxygens (including phenoxy) is 1. The first-order valence-electron chi connectivity index (χ1n) is 8.75. The van der Waals surface area contributed by atoms with E-state index in [0.29, 0.717) is 18.9 Å². The Kier molecular flexibility index (Phi) is 7.56. The molecule has 0 bridgehead atoms. The maximum Gasteiger partial charge on any atom is 0.123 e. The second-order valence-corrected chi connectivity index (χ2v) is 7.89. The summed E-state index contributed by atoms with van der Waals surface area (Å²) >= 11 is 0. The Morgan fingerprint density at radius 1 is 1.17 bits per heavy atom. The van der Waals surface area contributed by atoms with Gasteiger partial charge in [-0.1, -0.05) is 53.7 Å². The van der Waals surface area contributed by atoms with Gasteiger partial charge < -0.3 is 14.9 Å². The molecule has 0 fully saturated rings. The van der Waals surface area contributed by atoms with E-state index in [1.165, 1.54) is 11.1 Å². The Bertz CT molecular complexity index is 474. The van der Waals surface area contributed by atoms with Gasteiger partial charge in [-0.3, -0.25) is 0 Å². The SMILES string of the molecule is CCC(CC(O)CO)c1ccc(OCC(C)C)c(C(C)(C)C)c1. The molecule has 0 aliphatic carbocycles. The lowest BCUT2D eigenvalue weighted by Crippen LogP contribution is -2.18. The molecule has 132 valence electrons. The van der Waals surface area contributed by atoms with Gasteiger partial charge in [-0.15, -0.1) is 0 Å². The van der Waals surface area contributed by atoms with Gasteiger partial charge >= 0.3 is 0 Å². The summed E-state index contributed by atoms with van der Waals surface area (Å²) in [6, 6.07) is 6.38. The van der Waals surface area contributed by atoms with E-state index >= 15 is 0 Å². The third-order valence-electron chi connectivity index (χ3n) is 4.12. The molecule has 23 heavy (non-hydrogen) atoms. The quantitative estimate of drug-likeness (QED) is 0.752. The van der Waals surface area contributed by atoms with E-state index < -0.39 is 6.10 Å². The van der Waals surface area contributed by atoms with Crippen LogP contribution in [-0.2, 0) is 5.41 Å². The monoisotopic (exact) mass is 322 g/mol. The van der Waals surface area contributed by atoms with E-state index in [0.717, 1.165) is 12.2 Å². The normalized spacial score (nSPS) is 14.8. The van der Waals surface area contributed by atoms with E-state index in [1.807, 2.05) is 0 Å². The first kappa shape index (κ1) is 20.0. The maximum absolute atomic E-state index is 9.78. The number of benzene rings is 1. The first-order valence-corrected chi connectivity index (χ1v) is 8.75. The molecule has 1 rings (SSSR count). The summed E-state index contributed by atoms with van der Waals surface area (Å²) in [6.07, 6.45) is 0.866. The van der Waals surface area contributed by atoms with Gasteiger partial charge in [0.05, 0.1) is 19.3 Å². The molecule has 0 aliphatic heterocycles. The van der Waals surface area contributed by atoms with Crippen LogP contribution in [0.1, 0.15) is 71.4 Å². The van der Waals surface area contributed by atoms with E-state index in [9.17, 15) is 5.11 Å². The number of hydrogen-bond acceptors (Lipinski definition) is 3. The highest BCUT2D eigenvalue weighted by molar-refractivity contribution is 5.42. The van der Waals surface area contributed by atoms with Crippen LogP contribution in [-0.4, -0.2) is 29.5 Å². The molecule has 0 saturated carbocycles. The van der Waals surface area contributed by atoms with E-state index in [-0.39, 0.29) is 17.9 Å². The smallest absolute Gasteiger partial charge is 0.123 e. The van der Waals surface area contributed by atoms with Crippen LogP contribution in [0.5, 0.6) is 5.75 Å². The number of aliphatic hydroxyl groups is 2. The Morgan fingerprint density at radius 3 is 2.30 bits per heavy atom. The number of hydrogen-bond donors (Lipinski definition) is 2. The average Bonchev–Trinajstić information content (AvgIpc) is 2.49. The fourth-order valence-electron chi connectivity index (χ4n) is 2.71. The van der Waals surface area contributed by atoms with E-state index in [1.54, 1.807) is 0 Å². The molecule has 0 aromatic heterocycles. The Hall–Kier alpha value is -1.06. The molecule has 2 atom stereocenters. The van der Waals surface area contributed by atoms with Gasteiger partial charge in [0.2, 0.25) is 0 Å². The molecule has 0 aliphatic rings. The zero-order valence-electron chi connectivity index (χ0n) is 15.6. The fraction of sp³-hybridized carbons (Fsp3) is 0.700. The van der Waals surface area contributed by atoms with Crippen molar-refractivity contribution in [1.29, 1.82) is 0 Å². The van der Waals surface area contributed by atoms with Gasteiger partial charge in [-0.25, -0.2) is 0 Å². The van der Waals surface area contributed by atoms with Crippen molar-refractivity contribution in [2.75, 3.05) is 13.2 Å². The highest BCUT2D eigenvalue weighted by Gasteiger charge is 2.22. The Morgan fingerprint density at radius 2 is 1.83 bits per heavy atom. The second-order valence-electron chi connectivity index (χ2n) is 7.89. The number of rotatable bonds is 8. The summed E-state index contributed by atoms with van der Waals surface area (Å²) in [6.45, 7) is 13.5. The molecule has 0 saturated heterocycles. The molecule has 0 heterocycles. The van der Waals surface area contributed by atoms with Crippen LogP contribution in [0, 0.1) is 5.92 Å². The Labute approximate surface area is 141 Å². The van der Waals surface area contributed by atoms with Crippen LogP contribution in [0.15, 0.2) is 18.2 Å². The van der Waals surface area contributed by atoms with Crippen LogP contribution in [0.25, 0.3) is 0 Å². The van der Waals surface area contributed by atoms with Crippen LogP contribution in [0.2, 0.25) is 0 Å². The second kappa shape index (κ2) is 8.70. The molecule has 1 aromatic carbocycles. The van der Waals surface area contributed by atoms with Crippen LogP contribution in [0.4, 0.5) is 0 Å². The lowest BCUT2D eigenvalue weighted by molar-refractivity contribution is 0.0817. The van der Waals surface area contributed by atoms with Crippen molar-refractivity contribution in [3.8, 4) is 5.75 Å². The fourth-order valence-corrected chi connectivity index (χ4v) is 2.71. The molecule has 1 aromatic rings. The van der Waals surface area contributed by atoms with Crippen molar-refractivity contribution in [3.05, 3.63) is 29.3 Å². The van der Waals surface area contributed by atoms with Gasteiger partial charge in [-0.2, -0.15) is 0 Å². The molecule has 2 N–H and O–H groups in total. The molecular formula is C20H34O3. The third kappa shape index (κ3) is 6.15. The zero-order valence-corrected chi connectivity index (χ0v) is 15.6. The van der Waals surface area contributed by atoms with Crippen LogP contribution in [0.3, 0.4) is 0 Å². The van der Waals surface area contributed by atoms with Crippen molar-refractivity contribution < 1.29 is 14.9 Å². The van der Waals surface area contributed by atoms with Gasteiger partial charge in [0.15, 0.2) is 0 Å². The Balaban J connectivity index is 3.11. The number of aliphatic hydroxyl groups excluding tert-OH is 2. The summed E-state index contributed by atoms with van der Waals surface area (Å²) in [7, 11) is 0.